The topological polar surface area (TPSA) is 38.0 Å². The molecule has 0 bridgehead atoms. The van der Waals surface area contributed by atoms with Crippen LogP contribution in [0.25, 0.3) is 5.69 Å². The van der Waals surface area contributed by atoms with E-state index in [1.807, 2.05) is 16.8 Å². The van der Waals surface area contributed by atoms with Crippen molar-refractivity contribution in [3.63, 3.8) is 0 Å². The molecule has 0 amide bonds. The van der Waals surface area contributed by atoms with Crippen molar-refractivity contribution in [1.29, 1.82) is 0 Å². The highest BCUT2D eigenvalue weighted by Gasteiger charge is 2.16. The average Bonchev–Trinajstić information content (AvgIpc) is 2.69. The Bertz CT molecular complexity index is 558. The highest BCUT2D eigenvalue weighted by Crippen LogP contribution is 2.27. The van der Waals surface area contributed by atoms with Gasteiger partial charge in [0.05, 0.1) is 11.4 Å². The van der Waals surface area contributed by atoms with Crippen LogP contribution in [0.3, 0.4) is 0 Å². The molecular formula is C16H22N2O. The standard InChI is InChI=1S/C16H22N2O/c1-4-7-14-16(19)15(8-5-2)18(17-14)13-10-6-9-12(3)11-13/h6,9-11,19H,4-5,7-8H2,1-3H3. The van der Waals surface area contributed by atoms with Crippen LogP contribution in [0.4, 0.5) is 0 Å². The number of hydrogen-bond acceptors (Lipinski definition) is 2. The summed E-state index contributed by atoms with van der Waals surface area (Å²) in [6.07, 6.45) is 3.65. The maximum atomic E-state index is 10.3. The van der Waals surface area contributed by atoms with Crippen LogP contribution in [0.5, 0.6) is 5.75 Å². The van der Waals surface area contributed by atoms with Crippen molar-refractivity contribution in [1.82, 2.24) is 9.78 Å². The minimum absolute atomic E-state index is 0.380. The molecule has 1 N–H and O–H groups in total. The molecule has 1 aromatic carbocycles. The summed E-state index contributed by atoms with van der Waals surface area (Å²) in [5, 5.41) is 14.9. The molecule has 0 aliphatic carbocycles. The van der Waals surface area contributed by atoms with Crippen molar-refractivity contribution in [2.45, 2.75) is 46.5 Å². The van der Waals surface area contributed by atoms with E-state index in [4.69, 9.17) is 0 Å². The van der Waals surface area contributed by atoms with Gasteiger partial charge in [0.1, 0.15) is 5.69 Å². The highest BCUT2D eigenvalue weighted by molar-refractivity contribution is 5.42. The fraction of sp³-hybridized carbons (Fsp3) is 0.438. The smallest absolute Gasteiger partial charge is 0.160 e. The summed E-state index contributed by atoms with van der Waals surface area (Å²) in [5.41, 5.74) is 3.97. The lowest BCUT2D eigenvalue weighted by atomic mass is 10.1. The van der Waals surface area contributed by atoms with Crippen LogP contribution in [0.1, 0.15) is 43.6 Å². The molecule has 2 rings (SSSR count). The molecule has 0 spiro atoms. The molecule has 1 heterocycles. The third-order valence-corrected chi connectivity index (χ3v) is 3.24. The van der Waals surface area contributed by atoms with Gasteiger partial charge in [0.15, 0.2) is 5.75 Å². The summed E-state index contributed by atoms with van der Waals surface area (Å²) in [5.74, 6) is 0.380. The number of aryl methyl sites for hydroxylation is 2. The first-order chi connectivity index (χ1) is 9.17. The van der Waals surface area contributed by atoms with E-state index in [1.165, 1.54) is 5.56 Å². The maximum absolute atomic E-state index is 10.3. The van der Waals surface area contributed by atoms with E-state index >= 15 is 0 Å². The Morgan fingerprint density at radius 1 is 1.16 bits per heavy atom. The molecule has 0 fully saturated rings. The van der Waals surface area contributed by atoms with E-state index in [1.54, 1.807) is 0 Å². The van der Waals surface area contributed by atoms with Gasteiger partial charge in [0, 0.05) is 0 Å². The molecular weight excluding hydrogens is 236 g/mol. The zero-order valence-electron chi connectivity index (χ0n) is 12.0. The summed E-state index contributed by atoms with van der Waals surface area (Å²) < 4.78 is 1.90. The number of aromatic hydroxyl groups is 1. The summed E-state index contributed by atoms with van der Waals surface area (Å²) in [7, 11) is 0. The monoisotopic (exact) mass is 258 g/mol. The molecule has 1 aromatic heterocycles. The molecule has 3 nitrogen and oxygen atoms in total. The minimum Gasteiger partial charge on any atom is -0.504 e. The van der Waals surface area contributed by atoms with Gasteiger partial charge in [-0.25, -0.2) is 4.68 Å². The second-order valence-electron chi connectivity index (χ2n) is 4.99. The van der Waals surface area contributed by atoms with Gasteiger partial charge in [-0.2, -0.15) is 5.10 Å². The molecule has 0 atom stereocenters. The van der Waals surface area contributed by atoms with Crippen molar-refractivity contribution in [2.75, 3.05) is 0 Å². The number of benzene rings is 1. The van der Waals surface area contributed by atoms with Gasteiger partial charge in [-0.05, 0) is 37.5 Å². The Morgan fingerprint density at radius 2 is 1.89 bits per heavy atom. The Labute approximate surface area is 114 Å². The first-order valence-corrected chi connectivity index (χ1v) is 7.04. The third-order valence-electron chi connectivity index (χ3n) is 3.24. The zero-order chi connectivity index (χ0) is 13.8. The van der Waals surface area contributed by atoms with Crippen molar-refractivity contribution in [2.24, 2.45) is 0 Å². The Balaban J connectivity index is 2.51. The van der Waals surface area contributed by atoms with E-state index in [9.17, 15) is 5.11 Å². The fourth-order valence-electron chi connectivity index (χ4n) is 2.33. The van der Waals surface area contributed by atoms with Gasteiger partial charge in [0.25, 0.3) is 0 Å². The van der Waals surface area contributed by atoms with Gasteiger partial charge in [-0.3, -0.25) is 0 Å². The van der Waals surface area contributed by atoms with E-state index in [2.05, 4.69) is 38.0 Å². The van der Waals surface area contributed by atoms with Crippen LogP contribution in [0.2, 0.25) is 0 Å². The van der Waals surface area contributed by atoms with E-state index in [0.29, 0.717) is 5.75 Å². The minimum atomic E-state index is 0.380. The largest absolute Gasteiger partial charge is 0.504 e. The predicted molar refractivity (Wildman–Crippen MR) is 78.0 cm³/mol. The summed E-state index contributed by atoms with van der Waals surface area (Å²) >= 11 is 0. The quantitative estimate of drug-likeness (QED) is 0.886. The normalized spacial score (nSPS) is 10.9. The molecule has 0 aliphatic heterocycles. The molecule has 102 valence electrons. The SMILES string of the molecule is CCCc1nn(-c2cccc(C)c2)c(CCC)c1O. The van der Waals surface area contributed by atoms with Crippen LogP contribution < -0.4 is 0 Å². The van der Waals surface area contributed by atoms with E-state index in [-0.39, 0.29) is 0 Å². The lowest BCUT2D eigenvalue weighted by Gasteiger charge is -2.07. The van der Waals surface area contributed by atoms with Crippen LogP contribution in [0.15, 0.2) is 24.3 Å². The van der Waals surface area contributed by atoms with Gasteiger partial charge in [-0.1, -0.05) is 38.8 Å². The van der Waals surface area contributed by atoms with Gasteiger partial charge < -0.3 is 5.11 Å². The van der Waals surface area contributed by atoms with Crippen molar-refractivity contribution in [3.05, 3.63) is 41.2 Å². The van der Waals surface area contributed by atoms with Crippen LogP contribution in [-0.2, 0) is 12.8 Å². The predicted octanol–water partition coefficient (Wildman–Crippen LogP) is 3.79. The molecule has 0 radical (unpaired) electrons. The third kappa shape index (κ3) is 2.80. The Morgan fingerprint density at radius 3 is 2.53 bits per heavy atom. The number of hydrogen-bond donors (Lipinski definition) is 1. The lowest BCUT2D eigenvalue weighted by molar-refractivity contribution is 0.459. The first kappa shape index (κ1) is 13.7. The number of aromatic nitrogens is 2. The molecule has 0 saturated heterocycles. The Hall–Kier alpha value is -1.77. The molecule has 19 heavy (non-hydrogen) atoms. The fourth-order valence-corrected chi connectivity index (χ4v) is 2.33. The van der Waals surface area contributed by atoms with Gasteiger partial charge >= 0.3 is 0 Å². The Kier molecular flexibility index (Phi) is 4.25. The lowest BCUT2D eigenvalue weighted by Crippen LogP contribution is -2.02. The molecule has 0 unspecified atom stereocenters. The molecule has 0 saturated carbocycles. The van der Waals surface area contributed by atoms with Gasteiger partial charge in [0.2, 0.25) is 0 Å². The van der Waals surface area contributed by atoms with Crippen molar-refractivity contribution < 1.29 is 5.11 Å². The number of rotatable bonds is 5. The number of nitrogens with zero attached hydrogens (tertiary/aromatic N) is 2. The first-order valence-electron chi connectivity index (χ1n) is 7.04. The second kappa shape index (κ2) is 5.91. The molecule has 3 heteroatoms. The highest BCUT2D eigenvalue weighted by atomic mass is 16.3. The van der Waals surface area contributed by atoms with E-state index < -0.39 is 0 Å². The summed E-state index contributed by atoms with van der Waals surface area (Å²) in [6.45, 7) is 6.29. The summed E-state index contributed by atoms with van der Waals surface area (Å²) in [4.78, 5) is 0. The second-order valence-corrected chi connectivity index (χ2v) is 4.99. The van der Waals surface area contributed by atoms with Crippen LogP contribution in [0, 0.1) is 6.92 Å². The van der Waals surface area contributed by atoms with Crippen LogP contribution >= 0.6 is 0 Å². The van der Waals surface area contributed by atoms with Crippen molar-refractivity contribution >= 4 is 0 Å². The zero-order valence-corrected chi connectivity index (χ0v) is 12.0. The van der Waals surface area contributed by atoms with E-state index in [0.717, 1.165) is 42.8 Å². The molecule has 2 aromatic rings. The van der Waals surface area contributed by atoms with Crippen LogP contribution in [-0.4, -0.2) is 14.9 Å². The summed E-state index contributed by atoms with van der Waals surface area (Å²) in [6, 6.07) is 8.23. The molecule has 0 aliphatic rings. The van der Waals surface area contributed by atoms with Gasteiger partial charge in [-0.15, -0.1) is 0 Å². The average molecular weight is 258 g/mol. The van der Waals surface area contributed by atoms with Crippen molar-refractivity contribution in [3.8, 4) is 11.4 Å². The maximum Gasteiger partial charge on any atom is 0.160 e.